The molecule has 1 aliphatic heterocycles. The monoisotopic (exact) mass is 397 g/mol. The van der Waals surface area contributed by atoms with Crippen LogP contribution in [0.4, 0.5) is 0 Å². The lowest BCUT2D eigenvalue weighted by Gasteiger charge is -2.21. The molecule has 1 atom stereocenters. The molecular weight excluding hydrogens is 374 g/mol. The van der Waals surface area contributed by atoms with Crippen LogP contribution in [0.5, 0.6) is 0 Å². The summed E-state index contributed by atoms with van der Waals surface area (Å²) in [5.41, 5.74) is 1.95. The minimum atomic E-state index is -3.63. The van der Waals surface area contributed by atoms with Crippen molar-refractivity contribution >= 4 is 10.0 Å². The van der Waals surface area contributed by atoms with Crippen LogP contribution in [0.15, 0.2) is 64.0 Å². The molecule has 0 N–H and O–H groups in total. The smallest absolute Gasteiger partial charge is 0.245 e. The predicted molar refractivity (Wildman–Crippen MR) is 106 cm³/mol. The van der Waals surface area contributed by atoms with Crippen LogP contribution in [0.2, 0.25) is 0 Å². The Morgan fingerprint density at radius 1 is 1.07 bits per heavy atom. The first-order valence-electron chi connectivity index (χ1n) is 9.47. The third-order valence-corrected chi connectivity index (χ3v) is 7.04. The molecule has 0 amide bonds. The van der Waals surface area contributed by atoms with Gasteiger partial charge < -0.3 is 4.52 Å². The van der Waals surface area contributed by atoms with E-state index in [0.29, 0.717) is 35.5 Å². The topological polar surface area (TPSA) is 76.3 Å². The maximum absolute atomic E-state index is 13.2. The van der Waals surface area contributed by atoms with Crippen molar-refractivity contribution in [2.75, 3.05) is 6.54 Å². The fourth-order valence-corrected chi connectivity index (χ4v) is 5.16. The van der Waals surface area contributed by atoms with Crippen LogP contribution in [0.25, 0.3) is 11.4 Å². The van der Waals surface area contributed by atoms with Gasteiger partial charge in [-0.25, -0.2) is 8.42 Å². The van der Waals surface area contributed by atoms with Gasteiger partial charge in [-0.05, 0) is 36.5 Å². The minimum absolute atomic E-state index is 0.298. The van der Waals surface area contributed by atoms with Gasteiger partial charge >= 0.3 is 0 Å². The summed E-state index contributed by atoms with van der Waals surface area (Å²) >= 11 is 0. The molecule has 3 aromatic rings. The minimum Gasteiger partial charge on any atom is -0.337 e. The fourth-order valence-electron chi connectivity index (χ4n) is 3.51. The molecule has 2 aromatic carbocycles. The number of hydrogen-bond donors (Lipinski definition) is 0. The molecule has 0 bridgehead atoms. The summed E-state index contributed by atoms with van der Waals surface area (Å²) in [5, 5.41) is 4.04. The van der Waals surface area contributed by atoms with Gasteiger partial charge in [0.1, 0.15) is 6.04 Å². The van der Waals surface area contributed by atoms with Gasteiger partial charge in [0.2, 0.25) is 21.7 Å². The highest BCUT2D eigenvalue weighted by Gasteiger charge is 2.39. The van der Waals surface area contributed by atoms with Crippen molar-refractivity contribution in [1.82, 2.24) is 14.4 Å². The van der Waals surface area contributed by atoms with Gasteiger partial charge in [0.15, 0.2) is 0 Å². The zero-order chi connectivity index (χ0) is 19.7. The van der Waals surface area contributed by atoms with Crippen molar-refractivity contribution in [3.05, 3.63) is 66.1 Å². The van der Waals surface area contributed by atoms with Crippen LogP contribution < -0.4 is 0 Å². The van der Waals surface area contributed by atoms with E-state index in [0.717, 1.165) is 17.5 Å². The molecule has 7 heteroatoms. The first-order chi connectivity index (χ1) is 13.5. The number of rotatable bonds is 5. The Hall–Kier alpha value is -2.51. The van der Waals surface area contributed by atoms with Crippen LogP contribution in [-0.4, -0.2) is 29.4 Å². The molecule has 28 heavy (non-hydrogen) atoms. The number of aromatic nitrogens is 2. The van der Waals surface area contributed by atoms with E-state index in [2.05, 4.69) is 24.0 Å². The first-order valence-corrected chi connectivity index (χ1v) is 10.9. The Balaban J connectivity index is 1.62. The molecule has 146 valence electrons. The van der Waals surface area contributed by atoms with Gasteiger partial charge in [0.25, 0.3) is 0 Å². The van der Waals surface area contributed by atoms with Crippen molar-refractivity contribution in [2.24, 2.45) is 0 Å². The van der Waals surface area contributed by atoms with Crippen LogP contribution in [0.3, 0.4) is 0 Å². The lowest BCUT2D eigenvalue weighted by molar-refractivity contribution is 0.290. The molecular formula is C21H23N3O3S. The molecule has 0 radical (unpaired) electrons. The van der Waals surface area contributed by atoms with Crippen molar-refractivity contribution < 1.29 is 12.9 Å². The Bertz CT molecular complexity index is 1040. The molecule has 6 nitrogen and oxygen atoms in total. The molecule has 0 unspecified atom stereocenters. The largest absolute Gasteiger partial charge is 0.337 e. The average molecular weight is 398 g/mol. The fraction of sp³-hybridized carbons (Fsp3) is 0.333. The second-order valence-corrected chi connectivity index (χ2v) is 9.21. The molecule has 0 spiro atoms. The standard InChI is InChI=1S/C21H23N3O3S/c1-15(2)16-10-12-18(13-11-16)28(25,26)24-14-6-9-19(24)21-22-20(23-27-21)17-7-4-3-5-8-17/h3-5,7-8,10-13,15,19H,6,9,14H2,1-2H3/t19-/m0/s1. The van der Waals surface area contributed by atoms with Gasteiger partial charge in [-0.1, -0.05) is 61.5 Å². The maximum Gasteiger partial charge on any atom is 0.245 e. The number of benzene rings is 2. The number of sulfonamides is 1. The van der Waals surface area contributed by atoms with Gasteiger partial charge in [-0.2, -0.15) is 9.29 Å². The predicted octanol–water partition coefficient (Wildman–Crippen LogP) is 4.39. The molecule has 1 aliphatic rings. The molecule has 0 aliphatic carbocycles. The van der Waals surface area contributed by atoms with E-state index < -0.39 is 16.1 Å². The van der Waals surface area contributed by atoms with Crippen LogP contribution >= 0.6 is 0 Å². The van der Waals surface area contributed by atoms with Crippen LogP contribution in [0.1, 0.15) is 50.1 Å². The zero-order valence-electron chi connectivity index (χ0n) is 15.9. The summed E-state index contributed by atoms with van der Waals surface area (Å²) in [7, 11) is -3.63. The van der Waals surface area contributed by atoms with Gasteiger partial charge in [-0.3, -0.25) is 0 Å². The lowest BCUT2D eigenvalue weighted by Crippen LogP contribution is -2.30. The van der Waals surface area contributed by atoms with Crippen LogP contribution in [-0.2, 0) is 10.0 Å². The van der Waals surface area contributed by atoms with E-state index in [-0.39, 0.29) is 0 Å². The van der Waals surface area contributed by atoms with E-state index in [4.69, 9.17) is 4.52 Å². The van der Waals surface area contributed by atoms with E-state index in [1.165, 1.54) is 4.31 Å². The summed E-state index contributed by atoms with van der Waals surface area (Å²) in [5.74, 6) is 1.17. The van der Waals surface area contributed by atoms with Gasteiger partial charge in [0, 0.05) is 12.1 Å². The summed E-state index contributed by atoms with van der Waals surface area (Å²) in [6, 6.07) is 16.2. The third-order valence-electron chi connectivity index (χ3n) is 5.12. The number of nitrogens with zero attached hydrogens (tertiary/aromatic N) is 3. The van der Waals surface area contributed by atoms with Gasteiger partial charge in [0.05, 0.1) is 4.90 Å². The quantitative estimate of drug-likeness (QED) is 0.638. The van der Waals surface area contributed by atoms with Crippen molar-refractivity contribution in [3.8, 4) is 11.4 Å². The lowest BCUT2D eigenvalue weighted by atomic mass is 10.0. The summed E-state index contributed by atoms with van der Waals surface area (Å²) in [4.78, 5) is 4.77. The Kier molecular flexibility index (Phi) is 5.03. The highest BCUT2D eigenvalue weighted by molar-refractivity contribution is 7.89. The van der Waals surface area contributed by atoms with Gasteiger partial charge in [-0.15, -0.1) is 0 Å². The number of hydrogen-bond acceptors (Lipinski definition) is 5. The third kappa shape index (κ3) is 3.47. The normalized spacial score (nSPS) is 18.0. The maximum atomic E-state index is 13.2. The zero-order valence-corrected chi connectivity index (χ0v) is 16.8. The molecule has 1 fully saturated rings. The SMILES string of the molecule is CC(C)c1ccc(S(=O)(=O)N2CCC[C@H]2c2nc(-c3ccccc3)no2)cc1. The second-order valence-electron chi connectivity index (χ2n) is 7.32. The van der Waals surface area contributed by atoms with Crippen LogP contribution in [0, 0.1) is 0 Å². The molecule has 1 saturated heterocycles. The van der Waals surface area contributed by atoms with E-state index >= 15 is 0 Å². The Morgan fingerprint density at radius 2 is 1.79 bits per heavy atom. The van der Waals surface area contributed by atoms with Crippen molar-refractivity contribution in [2.45, 2.75) is 43.5 Å². The van der Waals surface area contributed by atoms with E-state index in [9.17, 15) is 8.42 Å². The van der Waals surface area contributed by atoms with E-state index in [1.807, 2.05) is 42.5 Å². The summed E-state index contributed by atoms with van der Waals surface area (Å²) < 4.78 is 33.4. The Morgan fingerprint density at radius 3 is 2.46 bits per heavy atom. The second kappa shape index (κ2) is 7.48. The molecule has 0 saturated carbocycles. The summed E-state index contributed by atoms with van der Waals surface area (Å²) in [6.45, 7) is 4.61. The summed E-state index contributed by atoms with van der Waals surface area (Å²) in [6.07, 6.45) is 1.43. The highest BCUT2D eigenvalue weighted by Crippen LogP contribution is 2.36. The molecule has 2 heterocycles. The van der Waals surface area contributed by atoms with Crippen molar-refractivity contribution in [1.29, 1.82) is 0 Å². The van der Waals surface area contributed by atoms with E-state index in [1.54, 1.807) is 12.1 Å². The van der Waals surface area contributed by atoms with Crippen molar-refractivity contribution in [3.63, 3.8) is 0 Å². The highest BCUT2D eigenvalue weighted by atomic mass is 32.2. The average Bonchev–Trinajstić information content (AvgIpc) is 3.38. The first kappa shape index (κ1) is 18.8. The molecule has 1 aromatic heterocycles. The molecule has 4 rings (SSSR count). The Labute approximate surface area is 165 Å².